The first kappa shape index (κ1) is 19.1. The molecule has 1 fully saturated rings. The molecular formula is C12H25NO6S. The van der Waals surface area contributed by atoms with Crippen LogP contribution in [0.3, 0.4) is 0 Å². The topological polar surface area (TPSA) is 104 Å². The Morgan fingerprint density at radius 2 is 1.90 bits per heavy atom. The Bertz CT molecular complexity index is 393. The molecule has 1 aliphatic heterocycles. The van der Waals surface area contributed by atoms with Gasteiger partial charge in [-0.15, -0.1) is 0 Å². The van der Waals surface area contributed by atoms with Crippen molar-refractivity contribution in [3.8, 4) is 0 Å². The summed E-state index contributed by atoms with van der Waals surface area (Å²) in [5, 5.41) is 9.04. The lowest BCUT2D eigenvalue weighted by Crippen LogP contribution is -2.43. The fourth-order valence-electron chi connectivity index (χ4n) is 1.71. The van der Waals surface area contributed by atoms with Gasteiger partial charge in [0.2, 0.25) is 0 Å². The quantitative estimate of drug-likeness (QED) is 0.703. The van der Waals surface area contributed by atoms with Crippen LogP contribution in [0, 0.1) is 5.92 Å². The number of rotatable bonds is 1. The summed E-state index contributed by atoms with van der Waals surface area (Å²) in [4.78, 5) is 13.4. The van der Waals surface area contributed by atoms with Crippen molar-refractivity contribution in [3.05, 3.63) is 0 Å². The Balaban J connectivity index is 0.000000621. The van der Waals surface area contributed by atoms with Gasteiger partial charge >= 0.3 is 6.09 Å². The Morgan fingerprint density at radius 1 is 1.40 bits per heavy atom. The van der Waals surface area contributed by atoms with Crippen molar-refractivity contribution in [2.45, 2.75) is 39.2 Å². The highest BCUT2D eigenvalue weighted by Crippen LogP contribution is 2.18. The van der Waals surface area contributed by atoms with Crippen molar-refractivity contribution in [3.63, 3.8) is 0 Å². The van der Waals surface area contributed by atoms with Crippen molar-refractivity contribution < 1.29 is 27.6 Å². The highest BCUT2D eigenvalue weighted by molar-refractivity contribution is 7.85. The van der Waals surface area contributed by atoms with Crippen LogP contribution in [0.25, 0.3) is 0 Å². The maximum absolute atomic E-state index is 11.7. The van der Waals surface area contributed by atoms with Crippen molar-refractivity contribution in [1.29, 1.82) is 0 Å². The fourth-order valence-corrected chi connectivity index (χ4v) is 1.71. The van der Waals surface area contributed by atoms with Crippen molar-refractivity contribution >= 4 is 16.2 Å². The zero-order valence-corrected chi connectivity index (χ0v) is 13.3. The van der Waals surface area contributed by atoms with E-state index in [0.717, 1.165) is 19.4 Å². The first-order valence-corrected chi connectivity index (χ1v) is 8.28. The van der Waals surface area contributed by atoms with Crippen LogP contribution in [0.15, 0.2) is 0 Å². The van der Waals surface area contributed by atoms with Gasteiger partial charge in [0, 0.05) is 19.7 Å². The lowest BCUT2D eigenvalue weighted by molar-refractivity contribution is 0.0132. The maximum Gasteiger partial charge on any atom is 0.410 e. The zero-order valence-electron chi connectivity index (χ0n) is 12.5. The molecule has 1 unspecified atom stereocenters. The Hall–Kier alpha value is -0.860. The number of amides is 1. The third kappa shape index (κ3) is 11.0. The minimum Gasteiger partial charge on any atom is -0.444 e. The Morgan fingerprint density at radius 3 is 2.30 bits per heavy atom. The van der Waals surface area contributed by atoms with Gasteiger partial charge < -0.3 is 14.7 Å². The molecule has 2 N–H and O–H groups in total. The molecule has 0 bridgehead atoms. The first-order chi connectivity index (χ1) is 8.92. The summed E-state index contributed by atoms with van der Waals surface area (Å²) in [7, 11) is -3.67. The van der Waals surface area contributed by atoms with Gasteiger partial charge in [-0.25, -0.2) is 4.79 Å². The van der Waals surface area contributed by atoms with E-state index in [9.17, 15) is 13.2 Å². The molecule has 1 saturated heterocycles. The highest BCUT2D eigenvalue weighted by atomic mass is 32.2. The van der Waals surface area contributed by atoms with Gasteiger partial charge in [0.1, 0.15) is 5.60 Å². The number of carbonyl (C=O) groups is 1. The summed E-state index contributed by atoms with van der Waals surface area (Å²) >= 11 is 0. The van der Waals surface area contributed by atoms with E-state index in [2.05, 4.69) is 0 Å². The summed E-state index contributed by atoms with van der Waals surface area (Å²) in [6.45, 7) is 7.09. The molecule has 8 heteroatoms. The number of aliphatic hydroxyl groups excluding tert-OH is 1. The predicted octanol–water partition coefficient (Wildman–Crippen LogP) is 1.13. The van der Waals surface area contributed by atoms with Gasteiger partial charge in [0.15, 0.2) is 0 Å². The molecular weight excluding hydrogens is 286 g/mol. The summed E-state index contributed by atoms with van der Waals surface area (Å²) in [5.41, 5.74) is -0.441. The minimum atomic E-state index is -3.67. The zero-order chi connectivity index (χ0) is 16.0. The van der Waals surface area contributed by atoms with Crippen LogP contribution in [0.4, 0.5) is 4.79 Å². The lowest BCUT2D eigenvalue weighted by atomic mass is 9.99. The largest absolute Gasteiger partial charge is 0.444 e. The van der Waals surface area contributed by atoms with E-state index in [4.69, 9.17) is 14.4 Å². The van der Waals surface area contributed by atoms with E-state index in [-0.39, 0.29) is 18.6 Å². The Kier molecular flexibility index (Phi) is 7.46. The number of ether oxygens (including phenoxy) is 1. The van der Waals surface area contributed by atoms with Crippen molar-refractivity contribution in [2.24, 2.45) is 5.92 Å². The second kappa shape index (κ2) is 7.80. The third-order valence-electron chi connectivity index (χ3n) is 2.43. The average Bonchev–Trinajstić information content (AvgIpc) is 2.24. The van der Waals surface area contributed by atoms with Crippen LogP contribution in [0.1, 0.15) is 33.6 Å². The van der Waals surface area contributed by atoms with Crippen LogP contribution in [-0.2, 0) is 14.9 Å². The average molecular weight is 311 g/mol. The van der Waals surface area contributed by atoms with Gasteiger partial charge in [0.25, 0.3) is 10.1 Å². The van der Waals surface area contributed by atoms with Gasteiger partial charge in [0.05, 0.1) is 6.26 Å². The molecule has 1 rings (SSSR count). The molecule has 0 aromatic heterocycles. The molecule has 1 amide bonds. The van der Waals surface area contributed by atoms with Crippen molar-refractivity contribution in [1.82, 2.24) is 4.90 Å². The van der Waals surface area contributed by atoms with E-state index in [1.54, 1.807) is 4.90 Å². The van der Waals surface area contributed by atoms with Gasteiger partial charge in [-0.05, 0) is 39.5 Å². The summed E-state index contributed by atoms with van der Waals surface area (Å²) < 4.78 is 31.1. The molecule has 1 heterocycles. The molecule has 0 aromatic rings. The van der Waals surface area contributed by atoms with Crippen LogP contribution in [0.5, 0.6) is 0 Å². The van der Waals surface area contributed by atoms with Crippen LogP contribution >= 0.6 is 0 Å². The minimum absolute atomic E-state index is 0.152. The molecule has 1 aliphatic rings. The summed E-state index contributed by atoms with van der Waals surface area (Å²) in [6, 6.07) is 0. The molecule has 0 saturated carbocycles. The number of piperidine rings is 1. The van der Waals surface area contributed by atoms with E-state index in [1.807, 2.05) is 20.8 Å². The van der Waals surface area contributed by atoms with Gasteiger partial charge in [-0.3, -0.25) is 4.55 Å². The summed E-state index contributed by atoms with van der Waals surface area (Å²) in [6.07, 6.45) is 2.40. The highest BCUT2D eigenvalue weighted by Gasteiger charge is 2.26. The molecule has 7 nitrogen and oxygen atoms in total. The van der Waals surface area contributed by atoms with E-state index < -0.39 is 15.7 Å². The van der Waals surface area contributed by atoms with E-state index in [1.165, 1.54) is 0 Å². The molecule has 0 aliphatic carbocycles. The number of carbonyl (C=O) groups excluding carboxylic acids is 1. The molecule has 0 radical (unpaired) electrons. The lowest BCUT2D eigenvalue weighted by Gasteiger charge is -2.33. The number of nitrogens with zero attached hydrogens (tertiary/aromatic N) is 1. The first-order valence-electron chi connectivity index (χ1n) is 6.43. The number of likely N-dealkylation sites (tertiary alicyclic amines) is 1. The Labute approximate surface area is 120 Å². The fraction of sp³-hybridized carbons (Fsp3) is 0.917. The van der Waals surface area contributed by atoms with Gasteiger partial charge in [-0.2, -0.15) is 8.42 Å². The molecule has 20 heavy (non-hydrogen) atoms. The standard InChI is InChI=1S/C11H21NO3.CH4O3S/c1-11(2,3)15-10(14)12-6-4-5-9(7-12)8-13;1-5(2,3)4/h9,13H,4-8H2,1-3H3;1H3,(H,2,3,4). The second-order valence-electron chi connectivity index (χ2n) is 5.85. The van der Waals surface area contributed by atoms with Crippen LogP contribution in [0.2, 0.25) is 0 Å². The SMILES string of the molecule is CC(C)(C)OC(=O)N1CCCC(CO)C1.CS(=O)(=O)O. The number of aliphatic hydroxyl groups is 1. The number of hydrogen-bond donors (Lipinski definition) is 2. The third-order valence-corrected chi connectivity index (χ3v) is 2.43. The second-order valence-corrected chi connectivity index (χ2v) is 7.32. The predicted molar refractivity (Wildman–Crippen MR) is 75.1 cm³/mol. The smallest absolute Gasteiger partial charge is 0.410 e. The van der Waals surface area contributed by atoms with Crippen molar-refractivity contribution in [2.75, 3.05) is 26.0 Å². The summed E-state index contributed by atoms with van der Waals surface area (Å²) in [5.74, 6) is 0.214. The van der Waals surface area contributed by atoms with E-state index in [0.29, 0.717) is 12.8 Å². The number of hydrogen-bond acceptors (Lipinski definition) is 5. The monoisotopic (exact) mass is 311 g/mol. The van der Waals surface area contributed by atoms with E-state index >= 15 is 0 Å². The molecule has 1 atom stereocenters. The maximum atomic E-state index is 11.7. The molecule has 0 spiro atoms. The molecule has 0 aromatic carbocycles. The molecule has 120 valence electrons. The van der Waals surface area contributed by atoms with Gasteiger partial charge in [-0.1, -0.05) is 0 Å². The normalized spacial score (nSPS) is 19.9. The van der Waals surface area contributed by atoms with Crippen LogP contribution < -0.4 is 0 Å². The van der Waals surface area contributed by atoms with Crippen LogP contribution in [-0.4, -0.2) is 60.6 Å².